The third-order valence-electron chi connectivity index (χ3n) is 3.66. The minimum absolute atomic E-state index is 0.00804. The van der Waals surface area contributed by atoms with Crippen LogP contribution >= 0.6 is 11.8 Å². The monoisotopic (exact) mass is 332 g/mol. The van der Waals surface area contributed by atoms with Gasteiger partial charge in [0.1, 0.15) is 11.4 Å². The van der Waals surface area contributed by atoms with E-state index in [1.165, 1.54) is 30.3 Å². The Morgan fingerprint density at radius 3 is 2.87 bits per heavy atom. The summed E-state index contributed by atoms with van der Waals surface area (Å²) in [5.41, 5.74) is 0.483. The Morgan fingerprint density at radius 2 is 2.09 bits per heavy atom. The maximum Gasteiger partial charge on any atom is 0.282 e. The number of carbonyl (C=O) groups excluding carboxylic acids is 1. The van der Waals surface area contributed by atoms with Gasteiger partial charge in [-0.2, -0.15) is 0 Å². The Kier molecular flexibility index (Phi) is 4.29. The van der Waals surface area contributed by atoms with E-state index in [2.05, 4.69) is 5.32 Å². The number of nitro benzene ring substituents is 1. The Hall–Kier alpha value is -2.41. The number of thioether (sulfide) groups is 1. The van der Waals surface area contributed by atoms with Crippen molar-refractivity contribution in [2.45, 2.75) is 17.4 Å². The van der Waals surface area contributed by atoms with Crippen LogP contribution < -0.4 is 5.32 Å². The summed E-state index contributed by atoms with van der Waals surface area (Å²) in [5.74, 6) is -0.0962. The number of amides is 1. The van der Waals surface area contributed by atoms with Crippen molar-refractivity contribution >= 4 is 23.4 Å². The number of nitrogens with zero attached hydrogens (tertiary/aromatic N) is 1. The maximum atomic E-state index is 13.5. The summed E-state index contributed by atoms with van der Waals surface area (Å²) in [6.45, 7) is 0. The van der Waals surface area contributed by atoms with Gasteiger partial charge < -0.3 is 5.32 Å². The van der Waals surface area contributed by atoms with Crippen molar-refractivity contribution in [2.75, 3.05) is 5.75 Å². The average Bonchev–Trinajstić information content (AvgIpc) is 2.55. The number of hydrogen-bond acceptors (Lipinski definition) is 4. The maximum absolute atomic E-state index is 13.5. The number of para-hydroxylation sites is 1. The summed E-state index contributed by atoms with van der Waals surface area (Å²) in [6.07, 6.45) is 0.646. The molecule has 1 heterocycles. The van der Waals surface area contributed by atoms with Gasteiger partial charge in [0.25, 0.3) is 11.6 Å². The molecule has 0 bridgehead atoms. The summed E-state index contributed by atoms with van der Waals surface area (Å²) in [7, 11) is 0. The first-order valence-electron chi connectivity index (χ1n) is 7.03. The second-order valence-corrected chi connectivity index (χ2v) is 6.26. The molecule has 1 N–H and O–H groups in total. The quantitative estimate of drug-likeness (QED) is 0.687. The van der Waals surface area contributed by atoms with E-state index in [4.69, 9.17) is 0 Å². The molecule has 0 radical (unpaired) electrons. The van der Waals surface area contributed by atoms with Crippen LogP contribution in [0.15, 0.2) is 47.4 Å². The zero-order valence-corrected chi connectivity index (χ0v) is 12.8. The molecule has 2 aromatic rings. The molecular formula is C16H13FN2O3S. The van der Waals surface area contributed by atoms with Crippen molar-refractivity contribution in [3.63, 3.8) is 0 Å². The van der Waals surface area contributed by atoms with E-state index < -0.39 is 10.8 Å². The van der Waals surface area contributed by atoms with Crippen LogP contribution in [0.3, 0.4) is 0 Å². The molecule has 0 saturated carbocycles. The predicted molar refractivity (Wildman–Crippen MR) is 85.0 cm³/mol. The molecule has 1 amide bonds. The van der Waals surface area contributed by atoms with Gasteiger partial charge in [-0.05, 0) is 36.2 Å². The summed E-state index contributed by atoms with van der Waals surface area (Å²) in [6, 6.07) is 9.93. The fraction of sp³-hybridized carbons (Fsp3) is 0.188. The number of nitro groups is 1. The van der Waals surface area contributed by atoms with Crippen LogP contribution in [0.5, 0.6) is 0 Å². The normalized spacial score (nSPS) is 16.5. The van der Waals surface area contributed by atoms with Crippen molar-refractivity contribution in [3.8, 4) is 0 Å². The first-order valence-corrected chi connectivity index (χ1v) is 8.01. The lowest BCUT2D eigenvalue weighted by molar-refractivity contribution is -0.385. The Morgan fingerprint density at radius 1 is 1.30 bits per heavy atom. The van der Waals surface area contributed by atoms with Crippen LogP contribution in [0.25, 0.3) is 0 Å². The van der Waals surface area contributed by atoms with Gasteiger partial charge >= 0.3 is 0 Å². The van der Waals surface area contributed by atoms with Crippen LogP contribution in [0, 0.1) is 15.9 Å². The van der Waals surface area contributed by atoms with Crippen LogP contribution in [-0.2, 0) is 0 Å². The predicted octanol–water partition coefficient (Wildman–Crippen LogP) is 3.70. The van der Waals surface area contributed by atoms with Crippen LogP contribution in [0.4, 0.5) is 10.1 Å². The Bertz CT molecular complexity index is 782. The molecule has 23 heavy (non-hydrogen) atoms. The molecule has 5 nitrogen and oxygen atoms in total. The van der Waals surface area contributed by atoms with E-state index in [1.807, 2.05) is 0 Å². The second kappa shape index (κ2) is 6.37. The molecular weight excluding hydrogens is 319 g/mol. The second-order valence-electron chi connectivity index (χ2n) is 5.12. The number of rotatable bonds is 3. The zero-order valence-electron chi connectivity index (χ0n) is 12.0. The largest absolute Gasteiger partial charge is 0.345 e. The molecule has 0 aromatic heterocycles. The van der Waals surface area contributed by atoms with Crippen LogP contribution in [0.2, 0.25) is 0 Å². The minimum atomic E-state index is -0.584. The van der Waals surface area contributed by atoms with Gasteiger partial charge in [-0.3, -0.25) is 14.9 Å². The molecule has 2 aromatic carbocycles. The van der Waals surface area contributed by atoms with Gasteiger partial charge in [-0.1, -0.05) is 12.1 Å². The van der Waals surface area contributed by atoms with Gasteiger partial charge in [0, 0.05) is 16.7 Å². The van der Waals surface area contributed by atoms with Crippen LogP contribution in [-0.4, -0.2) is 16.6 Å². The van der Waals surface area contributed by atoms with Crippen molar-refractivity contribution < 1.29 is 14.1 Å². The lowest BCUT2D eigenvalue weighted by Gasteiger charge is -2.26. The van der Waals surface area contributed by atoms with E-state index in [1.54, 1.807) is 23.9 Å². The summed E-state index contributed by atoms with van der Waals surface area (Å²) < 4.78 is 13.5. The first-order chi connectivity index (χ1) is 11.1. The third-order valence-corrected chi connectivity index (χ3v) is 4.78. The highest BCUT2D eigenvalue weighted by Gasteiger charge is 2.26. The molecule has 3 rings (SSSR count). The fourth-order valence-corrected chi connectivity index (χ4v) is 3.68. The highest BCUT2D eigenvalue weighted by molar-refractivity contribution is 7.99. The summed E-state index contributed by atoms with van der Waals surface area (Å²) in [4.78, 5) is 23.8. The van der Waals surface area contributed by atoms with Gasteiger partial charge in [-0.15, -0.1) is 11.8 Å². The molecule has 118 valence electrons. The zero-order chi connectivity index (χ0) is 16.4. The lowest BCUT2D eigenvalue weighted by atomic mass is 10.0. The molecule has 1 atom stereocenters. The van der Waals surface area contributed by atoms with Gasteiger partial charge in [-0.25, -0.2) is 4.39 Å². The molecule has 7 heteroatoms. The van der Waals surface area contributed by atoms with Gasteiger partial charge in [0.05, 0.1) is 11.0 Å². The van der Waals surface area contributed by atoms with E-state index >= 15 is 0 Å². The molecule has 0 fully saturated rings. The van der Waals surface area contributed by atoms with Crippen molar-refractivity contribution in [3.05, 3.63) is 69.5 Å². The summed E-state index contributed by atoms with van der Waals surface area (Å²) >= 11 is 1.61. The van der Waals surface area contributed by atoms with E-state index in [0.29, 0.717) is 12.0 Å². The Labute approximate surface area is 136 Å². The van der Waals surface area contributed by atoms with Crippen LogP contribution in [0.1, 0.15) is 28.4 Å². The molecule has 1 unspecified atom stereocenters. The highest BCUT2D eigenvalue weighted by Crippen LogP contribution is 2.36. The number of nitrogens with one attached hydrogen (secondary N) is 1. The number of hydrogen-bond donors (Lipinski definition) is 1. The number of fused-ring (bicyclic) bond motifs is 1. The minimum Gasteiger partial charge on any atom is -0.345 e. The SMILES string of the molecule is O=C(NC1CCSc2ccc(F)cc21)c1ccccc1[N+](=O)[O-]. The number of benzene rings is 2. The lowest BCUT2D eigenvalue weighted by Crippen LogP contribution is -2.31. The third kappa shape index (κ3) is 3.19. The summed E-state index contributed by atoms with van der Waals surface area (Å²) in [5, 5.41) is 13.8. The topological polar surface area (TPSA) is 72.2 Å². The van der Waals surface area contributed by atoms with E-state index in [0.717, 1.165) is 10.6 Å². The standard InChI is InChI=1S/C16H13FN2O3S/c17-10-5-6-15-12(9-10)13(7-8-23-15)18-16(20)11-3-1-2-4-14(11)19(21)22/h1-6,9,13H,7-8H2,(H,18,20). The van der Waals surface area contributed by atoms with E-state index in [-0.39, 0.29) is 23.1 Å². The number of carbonyl (C=O) groups is 1. The first kappa shape index (κ1) is 15.5. The van der Waals surface area contributed by atoms with Crippen molar-refractivity contribution in [1.82, 2.24) is 5.32 Å². The molecule has 1 aliphatic heterocycles. The van der Waals surface area contributed by atoms with Crippen molar-refractivity contribution in [2.24, 2.45) is 0 Å². The molecule has 0 spiro atoms. The molecule has 0 aliphatic carbocycles. The fourth-order valence-electron chi connectivity index (χ4n) is 2.58. The molecule has 0 saturated heterocycles. The Balaban J connectivity index is 1.88. The highest BCUT2D eigenvalue weighted by atomic mass is 32.2. The van der Waals surface area contributed by atoms with Gasteiger partial charge in [0.2, 0.25) is 0 Å². The van der Waals surface area contributed by atoms with E-state index in [9.17, 15) is 19.3 Å². The van der Waals surface area contributed by atoms with Gasteiger partial charge in [0.15, 0.2) is 0 Å². The smallest absolute Gasteiger partial charge is 0.282 e. The average molecular weight is 332 g/mol. The number of halogens is 1. The molecule has 1 aliphatic rings. The van der Waals surface area contributed by atoms with Crippen molar-refractivity contribution in [1.29, 1.82) is 0 Å².